The van der Waals surface area contributed by atoms with Gasteiger partial charge in [0.15, 0.2) is 5.65 Å². The normalized spacial score (nSPS) is 27.7. The average Bonchev–Trinajstić information content (AvgIpc) is 3.22. The van der Waals surface area contributed by atoms with Gasteiger partial charge >= 0.3 is 11.8 Å². The number of nitrogens with zero attached hydrogens (tertiary/aromatic N) is 6. The van der Waals surface area contributed by atoms with Crippen molar-refractivity contribution in [2.45, 2.75) is 57.1 Å². The highest BCUT2D eigenvalue weighted by Crippen LogP contribution is 2.54. The highest BCUT2D eigenvalue weighted by Gasteiger charge is 2.63. The zero-order valence-electron chi connectivity index (χ0n) is 26.3. The van der Waals surface area contributed by atoms with Crippen LogP contribution in [0.15, 0.2) is 35.4 Å². The first kappa shape index (κ1) is 21.4. The molecule has 4 heterocycles. The van der Waals surface area contributed by atoms with Crippen LogP contribution in [0.4, 0.5) is 16.4 Å². The Morgan fingerprint density at radius 3 is 2.77 bits per heavy atom. The van der Waals surface area contributed by atoms with Crippen LogP contribution in [0, 0.1) is 11.8 Å². The summed E-state index contributed by atoms with van der Waals surface area (Å²) in [7, 11) is 1.20. The van der Waals surface area contributed by atoms with Gasteiger partial charge in [0, 0.05) is 34.6 Å². The molecule has 2 saturated carbocycles. The minimum Gasteiger partial charge on any atom is -0.453 e. The molecule has 0 aliphatic heterocycles. The monoisotopic (exact) mass is 551 g/mol. The Kier molecular flexibility index (Phi) is 5.00. The number of carbonyl (C=O) groups excluding carboxylic acids is 2. The third-order valence-electron chi connectivity index (χ3n) is 8.12. The molecule has 2 fully saturated rings. The van der Waals surface area contributed by atoms with Gasteiger partial charge in [0.05, 0.1) is 31.9 Å². The fourth-order valence-corrected chi connectivity index (χ4v) is 5.99. The van der Waals surface area contributed by atoms with Crippen molar-refractivity contribution in [2.75, 3.05) is 12.4 Å². The number of ether oxygens (including phenoxy) is 1. The van der Waals surface area contributed by atoms with Crippen molar-refractivity contribution < 1.29 is 19.8 Å². The molecule has 2 aliphatic rings. The van der Waals surface area contributed by atoms with Crippen LogP contribution in [0.3, 0.4) is 0 Å². The highest BCUT2D eigenvalue weighted by molar-refractivity contribution is 5.89. The number of aromatic nitrogens is 6. The maximum Gasteiger partial charge on any atom is 0.407 e. The van der Waals surface area contributed by atoms with Crippen molar-refractivity contribution >= 4 is 45.7 Å². The SMILES string of the molecule is [2H]C1(NC(=O)OC)CCC(n2c(=O)n(C([2H])([2H])[2H])c3cnc(Nc4ccc5cnn(C6(C(N)=O)CC6C(C)C)c5n4)cc32)C1. The van der Waals surface area contributed by atoms with Crippen molar-refractivity contribution in [3.63, 3.8) is 0 Å². The summed E-state index contributed by atoms with van der Waals surface area (Å²) in [5, 5.41) is 10.8. The molecule has 4 aromatic rings. The summed E-state index contributed by atoms with van der Waals surface area (Å²) in [6.07, 6.45) is 3.40. The smallest absolute Gasteiger partial charge is 0.407 e. The molecule has 0 radical (unpaired) electrons. The summed E-state index contributed by atoms with van der Waals surface area (Å²) in [6.45, 7) is 1.29. The van der Waals surface area contributed by atoms with E-state index in [0.29, 0.717) is 34.4 Å². The van der Waals surface area contributed by atoms with Crippen LogP contribution in [0.5, 0.6) is 0 Å². The lowest BCUT2D eigenvalue weighted by Crippen LogP contribution is -2.37. The molecule has 2 amide bonds. The Morgan fingerprint density at radius 2 is 2.08 bits per heavy atom. The van der Waals surface area contributed by atoms with E-state index in [0.717, 1.165) is 5.39 Å². The van der Waals surface area contributed by atoms with E-state index in [1.165, 1.54) is 17.9 Å². The van der Waals surface area contributed by atoms with E-state index in [4.69, 9.17) is 16.2 Å². The molecule has 0 saturated heterocycles. The number of primary amides is 1. The second-order valence-electron chi connectivity index (χ2n) is 10.8. The van der Waals surface area contributed by atoms with Crippen LogP contribution in [-0.4, -0.2) is 54.0 Å². The number of amides is 2. The Labute approximate surface area is 235 Å². The van der Waals surface area contributed by atoms with Crippen LogP contribution in [-0.2, 0) is 22.0 Å². The third-order valence-corrected chi connectivity index (χ3v) is 8.12. The molecule has 13 heteroatoms. The fourth-order valence-electron chi connectivity index (χ4n) is 5.99. The van der Waals surface area contributed by atoms with Crippen molar-refractivity contribution in [2.24, 2.45) is 24.5 Å². The Morgan fingerprint density at radius 1 is 1.25 bits per heavy atom. The van der Waals surface area contributed by atoms with Gasteiger partial charge in [0.2, 0.25) is 5.91 Å². The Balaban J connectivity index is 1.38. The first-order valence-corrected chi connectivity index (χ1v) is 13.1. The first-order valence-electron chi connectivity index (χ1n) is 15.1. The van der Waals surface area contributed by atoms with Gasteiger partial charge < -0.3 is 21.1 Å². The van der Waals surface area contributed by atoms with Gasteiger partial charge in [-0.1, -0.05) is 13.8 Å². The van der Waals surface area contributed by atoms with E-state index in [1.54, 1.807) is 29.1 Å². The van der Waals surface area contributed by atoms with E-state index in [9.17, 15) is 14.4 Å². The summed E-state index contributed by atoms with van der Waals surface area (Å²) in [5.74, 6) is 0.451. The predicted molar refractivity (Wildman–Crippen MR) is 148 cm³/mol. The first-order chi connectivity index (χ1) is 20.7. The number of carbonyl (C=O) groups is 2. The number of imidazole rings is 1. The molecule has 13 nitrogen and oxygen atoms in total. The minimum absolute atomic E-state index is 0.0328. The van der Waals surface area contributed by atoms with E-state index >= 15 is 0 Å². The number of pyridine rings is 2. The number of alkyl carbamates (subject to hydrolysis) is 1. The molecule has 0 bridgehead atoms. The number of aryl methyl sites for hydroxylation is 1. The Bertz CT molecular complexity index is 1870. The van der Waals surface area contributed by atoms with Crippen molar-refractivity contribution in [1.82, 2.24) is 34.2 Å². The van der Waals surface area contributed by atoms with Gasteiger partial charge in [-0.25, -0.2) is 24.2 Å². The summed E-state index contributed by atoms with van der Waals surface area (Å²) < 4.78 is 40.9. The zero-order valence-corrected chi connectivity index (χ0v) is 22.3. The number of fused-ring (bicyclic) bond motifs is 2. The van der Waals surface area contributed by atoms with Crippen molar-refractivity contribution in [3.8, 4) is 0 Å². The molecule has 4 aromatic heterocycles. The maximum absolute atomic E-state index is 13.5. The third kappa shape index (κ3) is 3.98. The summed E-state index contributed by atoms with van der Waals surface area (Å²) in [5.41, 5.74) is 5.00. The van der Waals surface area contributed by atoms with Crippen molar-refractivity contribution in [3.05, 3.63) is 41.1 Å². The van der Waals surface area contributed by atoms with Crippen LogP contribution in [0.1, 0.15) is 51.1 Å². The standard InChI is InChI=1S/C27H33N9O4/c1-14(2)18-11-27(18,24(28)37)36-23-15(12-30-36)5-8-21(33-23)32-22-10-19-20(13-29-22)34(3)26(39)35(19)17-7-6-16(9-17)31-25(38)40-4/h5,8,10,12-14,16-18H,6-7,9,11H2,1-4H3,(H2,28,37)(H,31,38)(H,29,32,33)/i3D3,16D. The second-order valence-corrected chi connectivity index (χ2v) is 10.8. The second kappa shape index (κ2) is 9.35. The lowest BCUT2D eigenvalue weighted by atomic mass is 10.0. The van der Waals surface area contributed by atoms with Gasteiger partial charge in [0.25, 0.3) is 0 Å². The lowest BCUT2D eigenvalue weighted by Gasteiger charge is -2.17. The molecule has 0 aromatic carbocycles. The van der Waals surface area contributed by atoms with Crippen LogP contribution < -0.4 is 22.1 Å². The Hall–Kier alpha value is -4.42. The zero-order chi connectivity index (χ0) is 31.8. The van der Waals surface area contributed by atoms with Gasteiger partial charge in [-0.05, 0) is 49.7 Å². The summed E-state index contributed by atoms with van der Waals surface area (Å²) >= 11 is 0. The lowest BCUT2D eigenvalue weighted by molar-refractivity contribution is -0.123. The minimum atomic E-state index is -2.78. The quantitative estimate of drug-likeness (QED) is 0.315. The van der Waals surface area contributed by atoms with Crippen LogP contribution >= 0.6 is 0 Å². The molecular weight excluding hydrogens is 514 g/mol. The van der Waals surface area contributed by atoms with Crippen molar-refractivity contribution in [1.29, 1.82) is 0 Å². The predicted octanol–water partition coefficient (Wildman–Crippen LogP) is 2.53. The van der Waals surface area contributed by atoms with E-state index in [1.807, 2.05) is 13.8 Å². The molecule has 2 aliphatic carbocycles. The largest absolute Gasteiger partial charge is 0.453 e. The van der Waals surface area contributed by atoms with E-state index < -0.39 is 42.3 Å². The van der Waals surface area contributed by atoms with E-state index in [-0.39, 0.29) is 36.0 Å². The van der Waals surface area contributed by atoms with Gasteiger partial charge in [-0.15, -0.1) is 0 Å². The molecule has 4 unspecified atom stereocenters. The summed E-state index contributed by atoms with van der Waals surface area (Å²) in [4.78, 5) is 47.0. The molecule has 4 N–H and O–H groups in total. The number of anilines is 2. The molecule has 210 valence electrons. The molecule has 4 atom stereocenters. The fraction of sp³-hybridized carbons (Fsp3) is 0.481. The van der Waals surface area contributed by atoms with Crippen LogP contribution in [0.2, 0.25) is 0 Å². The van der Waals surface area contributed by atoms with Gasteiger partial charge in [-0.3, -0.25) is 13.9 Å². The number of nitrogens with two attached hydrogens (primary N) is 1. The number of nitrogens with one attached hydrogen (secondary N) is 2. The highest BCUT2D eigenvalue weighted by atomic mass is 16.5. The molecule has 0 spiro atoms. The number of methoxy groups -OCH3 is 1. The summed E-state index contributed by atoms with van der Waals surface area (Å²) in [6, 6.07) is 3.12. The number of rotatable bonds is 7. The number of hydrogen-bond donors (Lipinski definition) is 3. The van der Waals surface area contributed by atoms with Gasteiger partial charge in [0.1, 0.15) is 17.2 Å². The topological polar surface area (TPSA) is 164 Å². The average molecular weight is 552 g/mol. The van der Waals surface area contributed by atoms with E-state index in [2.05, 4.69) is 25.5 Å². The molecule has 40 heavy (non-hydrogen) atoms. The number of hydrogen-bond acceptors (Lipinski definition) is 8. The van der Waals surface area contributed by atoms with Crippen LogP contribution in [0.25, 0.3) is 22.1 Å². The van der Waals surface area contributed by atoms with Gasteiger partial charge in [-0.2, -0.15) is 5.10 Å². The maximum atomic E-state index is 13.5. The molecular formula is C27H33N9O4. The molecule has 6 rings (SSSR count).